The zero-order valence-electron chi connectivity index (χ0n) is 14.1. The van der Waals surface area contributed by atoms with Crippen molar-refractivity contribution in [1.29, 1.82) is 0 Å². The Balaban J connectivity index is 1.61. The van der Waals surface area contributed by atoms with Gasteiger partial charge in [0.1, 0.15) is 0 Å². The Hall–Kier alpha value is -2.47. The fourth-order valence-electron chi connectivity index (χ4n) is 2.75. The van der Waals surface area contributed by atoms with Gasteiger partial charge in [-0.15, -0.1) is 10.2 Å². The third-order valence-corrected chi connectivity index (χ3v) is 4.36. The van der Waals surface area contributed by atoms with Crippen molar-refractivity contribution in [3.63, 3.8) is 0 Å². The summed E-state index contributed by atoms with van der Waals surface area (Å²) in [6.07, 6.45) is 0. The van der Waals surface area contributed by atoms with Gasteiger partial charge >= 0.3 is 0 Å². The van der Waals surface area contributed by atoms with Gasteiger partial charge in [0.25, 0.3) is 5.91 Å². The molecule has 0 bridgehead atoms. The van der Waals surface area contributed by atoms with Crippen molar-refractivity contribution in [3.8, 4) is 0 Å². The summed E-state index contributed by atoms with van der Waals surface area (Å²) in [5, 5.41) is 11.3. The third-order valence-electron chi connectivity index (χ3n) is 4.36. The second kappa shape index (κ2) is 7.40. The number of piperazine rings is 1. The lowest BCUT2D eigenvalue weighted by atomic mass is 10.1. The number of amides is 1. The van der Waals surface area contributed by atoms with Crippen molar-refractivity contribution in [2.75, 3.05) is 38.1 Å². The molecule has 1 unspecified atom stereocenters. The molecule has 3 rings (SSSR count). The van der Waals surface area contributed by atoms with Crippen LogP contribution in [0.25, 0.3) is 0 Å². The molecule has 24 heavy (non-hydrogen) atoms. The van der Waals surface area contributed by atoms with E-state index in [1.165, 1.54) is 0 Å². The second-order valence-electron chi connectivity index (χ2n) is 6.17. The molecule has 126 valence electrons. The van der Waals surface area contributed by atoms with Crippen molar-refractivity contribution in [3.05, 3.63) is 53.7 Å². The van der Waals surface area contributed by atoms with E-state index in [0.717, 1.165) is 37.6 Å². The highest BCUT2D eigenvalue weighted by molar-refractivity contribution is 5.92. The van der Waals surface area contributed by atoms with Crippen molar-refractivity contribution in [2.45, 2.75) is 13.0 Å². The molecule has 6 nitrogen and oxygen atoms in total. The zero-order chi connectivity index (χ0) is 16.9. The molecule has 1 N–H and O–H groups in total. The average molecular weight is 325 g/mol. The Bertz CT molecular complexity index is 666. The number of nitrogens with zero attached hydrogens (tertiary/aromatic N) is 4. The molecule has 0 spiro atoms. The molecule has 1 aliphatic rings. The van der Waals surface area contributed by atoms with E-state index >= 15 is 0 Å². The van der Waals surface area contributed by atoms with Gasteiger partial charge in [-0.1, -0.05) is 30.3 Å². The fourth-order valence-corrected chi connectivity index (χ4v) is 2.75. The second-order valence-corrected chi connectivity index (χ2v) is 6.17. The maximum Gasteiger partial charge on any atom is 0.272 e. The first kappa shape index (κ1) is 16.4. The molecule has 2 heterocycles. The summed E-state index contributed by atoms with van der Waals surface area (Å²) in [6, 6.07) is 13.4. The van der Waals surface area contributed by atoms with E-state index in [-0.39, 0.29) is 11.9 Å². The molecule has 0 saturated carbocycles. The van der Waals surface area contributed by atoms with E-state index in [4.69, 9.17) is 0 Å². The first-order valence-corrected chi connectivity index (χ1v) is 8.26. The number of anilines is 1. The topological polar surface area (TPSA) is 61.4 Å². The lowest BCUT2D eigenvalue weighted by molar-refractivity contribution is 0.0934. The van der Waals surface area contributed by atoms with Crippen LogP contribution in [0.5, 0.6) is 0 Å². The molecule has 1 aromatic heterocycles. The van der Waals surface area contributed by atoms with Gasteiger partial charge in [0, 0.05) is 26.2 Å². The number of carbonyl (C=O) groups excluding carboxylic acids is 1. The number of benzene rings is 1. The molecular formula is C18H23N5O. The minimum Gasteiger partial charge on any atom is -0.353 e. The molecule has 0 radical (unpaired) electrons. The van der Waals surface area contributed by atoms with Crippen LogP contribution >= 0.6 is 0 Å². The summed E-state index contributed by atoms with van der Waals surface area (Å²) in [5.74, 6) is 0.625. The SMILES string of the molecule is CC(NC(=O)c1ccc(N2CCN(C)CC2)nn1)c1ccccc1. The Kier molecular flexibility index (Phi) is 5.05. The standard InChI is InChI=1S/C18H23N5O/c1-14(15-6-4-3-5-7-15)19-18(24)16-8-9-17(21-20-16)23-12-10-22(2)11-13-23/h3-9,14H,10-13H2,1-2H3,(H,19,24). The largest absolute Gasteiger partial charge is 0.353 e. The van der Waals surface area contributed by atoms with Crippen molar-refractivity contribution < 1.29 is 4.79 Å². The minimum atomic E-state index is -0.205. The number of hydrogen-bond donors (Lipinski definition) is 1. The van der Waals surface area contributed by atoms with Crippen LogP contribution in [0.2, 0.25) is 0 Å². The van der Waals surface area contributed by atoms with Crippen LogP contribution in [0.4, 0.5) is 5.82 Å². The highest BCUT2D eigenvalue weighted by atomic mass is 16.2. The molecule has 2 aromatic rings. The molecule has 1 aliphatic heterocycles. The molecule has 1 fully saturated rings. The highest BCUT2D eigenvalue weighted by Gasteiger charge is 2.17. The minimum absolute atomic E-state index is 0.0715. The Morgan fingerprint density at radius 1 is 1.04 bits per heavy atom. The van der Waals surface area contributed by atoms with Crippen LogP contribution in [-0.2, 0) is 0 Å². The van der Waals surface area contributed by atoms with Gasteiger partial charge < -0.3 is 15.1 Å². The number of aromatic nitrogens is 2. The maximum absolute atomic E-state index is 12.3. The molecule has 1 saturated heterocycles. The summed E-state index contributed by atoms with van der Waals surface area (Å²) < 4.78 is 0. The zero-order valence-corrected chi connectivity index (χ0v) is 14.1. The van der Waals surface area contributed by atoms with Gasteiger partial charge in [0.2, 0.25) is 0 Å². The quantitative estimate of drug-likeness (QED) is 0.927. The van der Waals surface area contributed by atoms with Crippen molar-refractivity contribution >= 4 is 11.7 Å². The normalized spacial score (nSPS) is 16.7. The van der Waals surface area contributed by atoms with Gasteiger partial charge in [-0.2, -0.15) is 0 Å². The van der Waals surface area contributed by atoms with Gasteiger partial charge in [0.05, 0.1) is 6.04 Å². The first-order valence-electron chi connectivity index (χ1n) is 8.26. The lowest BCUT2D eigenvalue weighted by Crippen LogP contribution is -2.44. The van der Waals surface area contributed by atoms with Crippen molar-refractivity contribution in [2.24, 2.45) is 0 Å². The van der Waals surface area contributed by atoms with E-state index in [1.54, 1.807) is 6.07 Å². The van der Waals surface area contributed by atoms with Crippen molar-refractivity contribution in [1.82, 2.24) is 20.4 Å². The van der Waals surface area contributed by atoms with Crippen LogP contribution < -0.4 is 10.2 Å². The number of likely N-dealkylation sites (N-methyl/N-ethyl adjacent to an activating group) is 1. The van der Waals surface area contributed by atoms with E-state index in [1.807, 2.05) is 43.3 Å². The molecule has 1 atom stereocenters. The van der Waals surface area contributed by atoms with Gasteiger partial charge in [-0.3, -0.25) is 4.79 Å². The smallest absolute Gasteiger partial charge is 0.272 e. The summed E-state index contributed by atoms with van der Waals surface area (Å²) in [5.41, 5.74) is 1.41. The lowest BCUT2D eigenvalue weighted by Gasteiger charge is -2.32. The van der Waals surface area contributed by atoms with Crippen LogP contribution in [0.3, 0.4) is 0 Å². The molecule has 0 aliphatic carbocycles. The van der Waals surface area contributed by atoms with Gasteiger partial charge in [-0.05, 0) is 31.7 Å². The molecule has 6 heteroatoms. The van der Waals surface area contributed by atoms with Gasteiger partial charge in [0.15, 0.2) is 11.5 Å². The number of hydrogen-bond acceptors (Lipinski definition) is 5. The Morgan fingerprint density at radius 3 is 2.38 bits per heavy atom. The summed E-state index contributed by atoms with van der Waals surface area (Å²) >= 11 is 0. The van der Waals surface area contributed by atoms with E-state index in [9.17, 15) is 4.79 Å². The number of rotatable bonds is 4. The average Bonchev–Trinajstić information content (AvgIpc) is 2.63. The van der Waals surface area contributed by atoms with E-state index in [2.05, 4.69) is 32.4 Å². The predicted molar refractivity (Wildman–Crippen MR) is 94.1 cm³/mol. The number of nitrogens with one attached hydrogen (secondary N) is 1. The van der Waals surface area contributed by atoms with Gasteiger partial charge in [-0.25, -0.2) is 0 Å². The molecule has 1 amide bonds. The highest BCUT2D eigenvalue weighted by Crippen LogP contribution is 2.14. The molecular weight excluding hydrogens is 302 g/mol. The maximum atomic E-state index is 12.3. The summed E-state index contributed by atoms with van der Waals surface area (Å²) in [6.45, 7) is 5.85. The third kappa shape index (κ3) is 3.89. The fraction of sp³-hybridized carbons (Fsp3) is 0.389. The van der Waals surface area contributed by atoms with E-state index in [0.29, 0.717) is 5.69 Å². The monoisotopic (exact) mass is 325 g/mol. The Labute approximate surface area is 142 Å². The van der Waals surface area contributed by atoms with Crippen LogP contribution in [0, 0.1) is 0 Å². The van der Waals surface area contributed by atoms with Crippen LogP contribution in [-0.4, -0.2) is 54.2 Å². The van der Waals surface area contributed by atoms with E-state index < -0.39 is 0 Å². The summed E-state index contributed by atoms with van der Waals surface area (Å²) in [4.78, 5) is 16.8. The predicted octanol–water partition coefficient (Wildman–Crippen LogP) is 1.72. The number of carbonyl (C=O) groups is 1. The van der Waals surface area contributed by atoms with Crippen LogP contribution in [0.1, 0.15) is 29.0 Å². The Morgan fingerprint density at radius 2 is 1.75 bits per heavy atom. The van der Waals surface area contributed by atoms with Crippen LogP contribution in [0.15, 0.2) is 42.5 Å². The summed E-state index contributed by atoms with van der Waals surface area (Å²) in [7, 11) is 2.12. The first-order chi connectivity index (χ1) is 11.6. The molecule has 1 aromatic carbocycles.